The summed E-state index contributed by atoms with van der Waals surface area (Å²) >= 11 is 6.17. The van der Waals surface area contributed by atoms with E-state index in [-0.39, 0.29) is 0 Å². The second-order valence-corrected chi connectivity index (χ2v) is 5.66. The highest BCUT2D eigenvalue weighted by atomic mass is 35.5. The molecule has 0 atom stereocenters. The van der Waals surface area contributed by atoms with Gasteiger partial charge in [-0.25, -0.2) is 4.98 Å². The summed E-state index contributed by atoms with van der Waals surface area (Å²) in [6, 6.07) is 5.66. The maximum Gasteiger partial charge on any atom is 0.154 e. The summed E-state index contributed by atoms with van der Waals surface area (Å²) in [5.41, 5.74) is 15.9. The van der Waals surface area contributed by atoms with Gasteiger partial charge < -0.3 is 21.4 Å². The molecule has 0 radical (unpaired) electrons. The van der Waals surface area contributed by atoms with Gasteiger partial charge in [0.15, 0.2) is 5.82 Å². The zero-order chi connectivity index (χ0) is 15.7. The molecule has 5 nitrogen and oxygen atoms in total. The van der Waals surface area contributed by atoms with Crippen LogP contribution in [0.3, 0.4) is 0 Å². The molecule has 5 N–H and O–H groups in total. The highest BCUT2D eigenvalue weighted by Gasteiger charge is 2.20. The molecule has 22 heavy (non-hydrogen) atoms. The van der Waals surface area contributed by atoms with E-state index in [1.807, 2.05) is 24.3 Å². The number of fused-ring (bicyclic) bond motifs is 1. The average Bonchev–Trinajstić information content (AvgIpc) is 2.94. The van der Waals surface area contributed by atoms with Crippen LogP contribution in [0.15, 0.2) is 48.3 Å². The minimum absolute atomic E-state index is 0.627. The van der Waals surface area contributed by atoms with Gasteiger partial charge in [-0.15, -0.1) is 0 Å². The Kier molecular flexibility index (Phi) is 3.81. The number of rotatable bonds is 3. The van der Waals surface area contributed by atoms with E-state index in [1.165, 1.54) is 6.20 Å². The molecule has 1 aliphatic rings. The Bertz CT molecular complexity index is 787. The fourth-order valence-corrected chi connectivity index (χ4v) is 2.81. The quantitative estimate of drug-likeness (QED) is 0.813. The molecule has 6 heteroatoms. The lowest BCUT2D eigenvalue weighted by molar-refractivity contribution is 0.411. The molecule has 0 aliphatic carbocycles. The SMILES string of the molecule is C=C(c1nc2c(Cl)cccc2[nH]1)N1CCC(N)=C(/C=C\N)C1. The third-order valence-corrected chi connectivity index (χ3v) is 4.15. The van der Waals surface area contributed by atoms with Crippen LogP contribution in [0.1, 0.15) is 12.2 Å². The van der Waals surface area contributed by atoms with Gasteiger partial charge in [0.2, 0.25) is 0 Å². The third-order valence-electron chi connectivity index (χ3n) is 3.84. The lowest BCUT2D eigenvalue weighted by Gasteiger charge is -2.31. The van der Waals surface area contributed by atoms with Crippen molar-refractivity contribution in [2.75, 3.05) is 13.1 Å². The fraction of sp³-hybridized carbons (Fsp3) is 0.188. The van der Waals surface area contributed by atoms with E-state index in [4.69, 9.17) is 23.1 Å². The Morgan fingerprint density at radius 2 is 2.27 bits per heavy atom. The second-order valence-electron chi connectivity index (χ2n) is 5.25. The molecule has 1 aromatic carbocycles. The van der Waals surface area contributed by atoms with Crippen molar-refractivity contribution in [1.29, 1.82) is 0 Å². The van der Waals surface area contributed by atoms with Crippen LogP contribution < -0.4 is 11.5 Å². The molecule has 0 bridgehead atoms. The van der Waals surface area contributed by atoms with E-state index >= 15 is 0 Å². The Morgan fingerprint density at radius 3 is 3.00 bits per heavy atom. The molecule has 1 aliphatic heterocycles. The first-order valence-corrected chi connectivity index (χ1v) is 7.42. The summed E-state index contributed by atoms with van der Waals surface area (Å²) in [5.74, 6) is 0.722. The largest absolute Gasteiger partial charge is 0.405 e. The highest BCUT2D eigenvalue weighted by Crippen LogP contribution is 2.26. The number of nitrogens with zero attached hydrogens (tertiary/aromatic N) is 2. The molecule has 2 heterocycles. The van der Waals surface area contributed by atoms with Gasteiger partial charge in [-0.1, -0.05) is 24.2 Å². The molecule has 3 rings (SSSR count). The smallest absolute Gasteiger partial charge is 0.154 e. The van der Waals surface area contributed by atoms with Crippen LogP contribution >= 0.6 is 11.6 Å². The number of para-hydroxylation sites is 1. The molecule has 1 aromatic heterocycles. The zero-order valence-electron chi connectivity index (χ0n) is 12.1. The van der Waals surface area contributed by atoms with Gasteiger partial charge in [-0.05, 0) is 30.0 Å². The van der Waals surface area contributed by atoms with Gasteiger partial charge in [0, 0.05) is 25.2 Å². The van der Waals surface area contributed by atoms with Gasteiger partial charge in [-0.2, -0.15) is 0 Å². The first-order chi connectivity index (χ1) is 10.6. The molecular formula is C16H18ClN5. The van der Waals surface area contributed by atoms with Crippen molar-refractivity contribution < 1.29 is 0 Å². The first-order valence-electron chi connectivity index (χ1n) is 7.04. The number of imidazole rings is 1. The van der Waals surface area contributed by atoms with Crippen LogP contribution in [0.25, 0.3) is 16.7 Å². The summed E-state index contributed by atoms with van der Waals surface area (Å²) in [5, 5.41) is 0.627. The number of aromatic amines is 1. The molecule has 0 saturated carbocycles. The number of nitrogens with two attached hydrogens (primary N) is 2. The van der Waals surface area contributed by atoms with Gasteiger partial charge in [0.1, 0.15) is 5.52 Å². The van der Waals surface area contributed by atoms with Crippen LogP contribution in [0.5, 0.6) is 0 Å². The minimum atomic E-state index is 0.627. The summed E-state index contributed by atoms with van der Waals surface area (Å²) in [6.07, 6.45) is 4.12. The minimum Gasteiger partial charge on any atom is -0.405 e. The standard InChI is InChI=1S/C16H18ClN5/c1-10(22-8-6-13(19)11(9-22)5-7-18)16-20-14-4-2-3-12(17)15(14)21-16/h2-5,7H,1,6,8-9,18-19H2,(H,20,21)/b7-5-. The molecule has 114 valence electrons. The summed E-state index contributed by atoms with van der Waals surface area (Å²) in [7, 11) is 0. The topological polar surface area (TPSA) is 84.0 Å². The lowest BCUT2D eigenvalue weighted by atomic mass is 10.1. The summed E-state index contributed by atoms with van der Waals surface area (Å²) in [6.45, 7) is 5.64. The maximum absolute atomic E-state index is 6.17. The average molecular weight is 316 g/mol. The number of halogens is 1. The van der Waals surface area contributed by atoms with E-state index < -0.39 is 0 Å². The summed E-state index contributed by atoms with van der Waals surface area (Å²) < 4.78 is 0. The van der Waals surface area contributed by atoms with Crippen molar-refractivity contribution in [3.8, 4) is 0 Å². The van der Waals surface area contributed by atoms with Crippen molar-refractivity contribution >= 4 is 28.3 Å². The number of aromatic nitrogens is 2. The van der Waals surface area contributed by atoms with E-state index in [9.17, 15) is 0 Å². The Labute approximate surface area is 133 Å². The number of hydrogen-bond acceptors (Lipinski definition) is 4. The Hall–Kier alpha value is -2.40. The Morgan fingerprint density at radius 1 is 1.45 bits per heavy atom. The second kappa shape index (κ2) is 5.77. The maximum atomic E-state index is 6.17. The summed E-state index contributed by atoms with van der Waals surface area (Å²) in [4.78, 5) is 9.96. The van der Waals surface area contributed by atoms with Gasteiger partial charge in [0.25, 0.3) is 0 Å². The monoisotopic (exact) mass is 315 g/mol. The molecule has 0 spiro atoms. The Balaban J connectivity index is 1.89. The van der Waals surface area contributed by atoms with Crippen molar-refractivity contribution in [3.05, 3.63) is 59.2 Å². The van der Waals surface area contributed by atoms with Gasteiger partial charge in [-0.3, -0.25) is 0 Å². The predicted octanol–water partition coefficient (Wildman–Crippen LogP) is 2.58. The van der Waals surface area contributed by atoms with Crippen LogP contribution in [-0.4, -0.2) is 28.0 Å². The van der Waals surface area contributed by atoms with Crippen LogP contribution in [0.4, 0.5) is 0 Å². The van der Waals surface area contributed by atoms with E-state index in [0.29, 0.717) is 11.6 Å². The number of H-pyrrole nitrogens is 1. The zero-order valence-corrected chi connectivity index (χ0v) is 12.9. The lowest BCUT2D eigenvalue weighted by Crippen LogP contribution is -2.32. The molecule has 2 aromatic rings. The molecule has 0 amide bonds. The molecule has 0 saturated heterocycles. The van der Waals surface area contributed by atoms with Crippen molar-refractivity contribution in [2.24, 2.45) is 11.5 Å². The predicted molar refractivity (Wildman–Crippen MR) is 90.9 cm³/mol. The fourth-order valence-electron chi connectivity index (χ4n) is 2.59. The molecular weight excluding hydrogens is 298 g/mol. The molecule has 0 unspecified atom stereocenters. The van der Waals surface area contributed by atoms with Crippen molar-refractivity contribution in [2.45, 2.75) is 6.42 Å². The first kappa shape index (κ1) is 14.5. The van der Waals surface area contributed by atoms with Crippen molar-refractivity contribution in [1.82, 2.24) is 14.9 Å². The third kappa shape index (κ3) is 2.55. The van der Waals surface area contributed by atoms with E-state index in [1.54, 1.807) is 0 Å². The normalized spacial score (nSPS) is 16.0. The number of nitrogens with one attached hydrogen (secondary N) is 1. The number of benzene rings is 1. The van der Waals surface area contributed by atoms with E-state index in [0.717, 1.165) is 46.8 Å². The van der Waals surface area contributed by atoms with Gasteiger partial charge >= 0.3 is 0 Å². The highest BCUT2D eigenvalue weighted by molar-refractivity contribution is 6.34. The number of hydrogen-bond donors (Lipinski definition) is 3. The molecule has 0 fully saturated rings. The van der Waals surface area contributed by atoms with Crippen LogP contribution in [0, 0.1) is 0 Å². The van der Waals surface area contributed by atoms with Crippen LogP contribution in [-0.2, 0) is 0 Å². The van der Waals surface area contributed by atoms with E-state index in [2.05, 4.69) is 21.4 Å². The van der Waals surface area contributed by atoms with Crippen LogP contribution in [0.2, 0.25) is 5.02 Å². The van der Waals surface area contributed by atoms with Crippen molar-refractivity contribution in [3.63, 3.8) is 0 Å². The van der Waals surface area contributed by atoms with Gasteiger partial charge in [0.05, 0.1) is 16.2 Å².